The van der Waals surface area contributed by atoms with Gasteiger partial charge in [-0.3, -0.25) is 0 Å². The minimum Gasteiger partial charge on any atom is -0.472 e. The minimum atomic E-state index is -0.319. The fourth-order valence-electron chi connectivity index (χ4n) is 2.39. The predicted octanol–water partition coefficient (Wildman–Crippen LogP) is 2.17. The molecule has 0 bridgehead atoms. The zero-order valence-corrected chi connectivity index (χ0v) is 11.0. The fourth-order valence-corrected chi connectivity index (χ4v) is 2.39. The number of aryl methyl sites for hydroxylation is 1. The lowest BCUT2D eigenvalue weighted by atomic mass is 9.89. The minimum absolute atomic E-state index is 0.0979. The Balaban J connectivity index is 2.12. The zero-order valence-electron chi connectivity index (χ0n) is 11.0. The summed E-state index contributed by atoms with van der Waals surface area (Å²) in [6.45, 7) is 2.07. The molecule has 1 unspecified atom stereocenters. The highest BCUT2D eigenvalue weighted by atomic mass is 16.5. The third-order valence-electron chi connectivity index (χ3n) is 3.28. The number of aromatic nitrogens is 2. The van der Waals surface area contributed by atoms with E-state index in [-0.39, 0.29) is 11.8 Å². The first-order chi connectivity index (χ1) is 9.74. The molecule has 3 rings (SSSR count). The van der Waals surface area contributed by atoms with Crippen LogP contribution in [0, 0.1) is 11.3 Å². The van der Waals surface area contributed by atoms with Gasteiger partial charge in [-0.25, -0.2) is 0 Å². The second-order valence-electron chi connectivity index (χ2n) is 4.63. The van der Waals surface area contributed by atoms with Crippen LogP contribution in [0.5, 0.6) is 5.88 Å². The predicted molar refractivity (Wildman–Crippen MR) is 70.6 cm³/mol. The van der Waals surface area contributed by atoms with E-state index in [9.17, 15) is 5.26 Å². The fraction of sp³-hybridized carbons (Fsp3) is 0.286. The number of hydrogen-bond acceptors (Lipinski definition) is 5. The van der Waals surface area contributed by atoms with Crippen molar-refractivity contribution in [2.24, 2.45) is 5.73 Å². The molecule has 0 aliphatic carbocycles. The first-order valence-electron chi connectivity index (χ1n) is 6.43. The average molecular weight is 270 g/mol. The number of allylic oxidation sites excluding steroid dienone is 1. The van der Waals surface area contributed by atoms with Crippen molar-refractivity contribution in [1.82, 2.24) is 9.97 Å². The number of rotatable bonds is 3. The molecule has 0 amide bonds. The summed E-state index contributed by atoms with van der Waals surface area (Å²) in [4.78, 5) is 7.63. The molecule has 2 aromatic heterocycles. The highest BCUT2D eigenvalue weighted by molar-refractivity contribution is 5.50. The standard InChI is InChI=1S/C14H14N4O2/c1-2-3-10-17-12-11(8-4-5-19-7-8)9(6-15)13(16)20-14(12)18-10/h4-5,7,11H,2-3,16H2,1H3,(H,17,18). The molecule has 3 N–H and O–H groups in total. The normalized spacial score (nSPS) is 17.5. The van der Waals surface area contributed by atoms with E-state index in [2.05, 4.69) is 23.0 Å². The molecule has 1 aliphatic rings. The Morgan fingerprint density at radius 3 is 3.05 bits per heavy atom. The van der Waals surface area contributed by atoms with E-state index < -0.39 is 0 Å². The van der Waals surface area contributed by atoms with Gasteiger partial charge in [0.05, 0.1) is 24.1 Å². The summed E-state index contributed by atoms with van der Waals surface area (Å²) in [5, 5.41) is 9.33. The van der Waals surface area contributed by atoms with Crippen LogP contribution in [0.3, 0.4) is 0 Å². The molecule has 20 heavy (non-hydrogen) atoms. The van der Waals surface area contributed by atoms with Crippen molar-refractivity contribution in [2.45, 2.75) is 25.7 Å². The molecule has 0 spiro atoms. The molecule has 1 aliphatic heterocycles. The van der Waals surface area contributed by atoms with Gasteiger partial charge in [0, 0.05) is 12.0 Å². The number of furan rings is 1. The SMILES string of the molecule is CCCc1nc2c([nH]1)C(c1ccoc1)C(C#N)=C(N)O2. The molecule has 0 aromatic carbocycles. The number of nitrogens with two attached hydrogens (primary N) is 1. The molecule has 6 heteroatoms. The Labute approximate surface area is 115 Å². The van der Waals surface area contributed by atoms with Crippen LogP contribution in [-0.2, 0) is 6.42 Å². The van der Waals surface area contributed by atoms with Crippen molar-refractivity contribution in [3.8, 4) is 11.9 Å². The second kappa shape index (κ2) is 4.78. The average Bonchev–Trinajstić information content (AvgIpc) is 3.06. The molecule has 0 radical (unpaired) electrons. The maximum Gasteiger partial charge on any atom is 0.243 e. The molecule has 1 atom stereocenters. The van der Waals surface area contributed by atoms with E-state index in [1.165, 1.54) is 0 Å². The van der Waals surface area contributed by atoms with Gasteiger partial charge in [-0.2, -0.15) is 10.2 Å². The Kier molecular flexibility index (Phi) is 2.95. The van der Waals surface area contributed by atoms with Gasteiger partial charge in [0.25, 0.3) is 0 Å². The van der Waals surface area contributed by atoms with Crippen LogP contribution in [0.4, 0.5) is 0 Å². The number of hydrogen-bond donors (Lipinski definition) is 2. The molecule has 3 heterocycles. The number of nitrogens with zero attached hydrogens (tertiary/aromatic N) is 2. The van der Waals surface area contributed by atoms with Crippen molar-refractivity contribution in [3.63, 3.8) is 0 Å². The highest BCUT2D eigenvalue weighted by Gasteiger charge is 2.34. The number of fused-ring (bicyclic) bond motifs is 1. The van der Waals surface area contributed by atoms with Crippen molar-refractivity contribution in [1.29, 1.82) is 5.26 Å². The van der Waals surface area contributed by atoms with Gasteiger partial charge < -0.3 is 19.9 Å². The maximum absolute atomic E-state index is 9.33. The molecular weight excluding hydrogens is 256 g/mol. The lowest BCUT2D eigenvalue weighted by Gasteiger charge is -2.21. The van der Waals surface area contributed by atoms with Gasteiger partial charge in [0.1, 0.15) is 17.5 Å². The number of aromatic amines is 1. The third-order valence-corrected chi connectivity index (χ3v) is 3.28. The van der Waals surface area contributed by atoms with E-state index in [1.54, 1.807) is 12.5 Å². The van der Waals surface area contributed by atoms with Crippen LogP contribution in [0.2, 0.25) is 0 Å². The Hall–Kier alpha value is -2.68. The quantitative estimate of drug-likeness (QED) is 0.890. The molecule has 2 aromatic rings. The lowest BCUT2D eigenvalue weighted by Crippen LogP contribution is -2.20. The smallest absolute Gasteiger partial charge is 0.243 e. The Morgan fingerprint density at radius 2 is 2.40 bits per heavy atom. The third kappa shape index (κ3) is 1.84. The summed E-state index contributed by atoms with van der Waals surface area (Å²) in [5.74, 6) is 1.05. The van der Waals surface area contributed by atoms with Gasteiger partial charge in [-0.15, -0.1) is 0 Å². The lowest BCUT2D eigenvalue weighted by molar-refractivity contribution is 0.379. The van der Waals surface area contributed by atoms with E-state index in [4.69, 9.17) is 14.9 Å². The number of ether oxygens (including phenoxy) is 1. The van der Waals surface area contributed by atoms with E-state index >= 15 is 0 Å². The van der Waals surface area contributed by atoms with Crippen LogP contribution in [0.25, 0.3) is 0 Å². The van der Waals surface area contributed by atoms with Crippen LogP contribution < -0.4 is 10.5 Å². The van der Waals surface area contributed by atoms with E-state index in [0.29, 0.717) is 11.5 Å². The summed E-state index contributed by atoms with van der Waals surface area (Å²) < 4.78 is 10.6. The van der Waals surface area contributed by atoms with Crippen LogP contribution in [0.15, 0.2) is 34.5 Å². The van der Waals surface area contributed by atoms with Gasteiger partial charge in [0.15, 0.2) is 0 Å². The largest absolute Gasteiger partial charge is 0.472 e. The summed E-state index contributed by atoms with van der Waals surface area (Å²) in [6.07, 6.45) is 4.96. The van der Waals surface area contributed by atoms with Gasteiger partial charge in [-0.05, 0) is 12.5 Å². The van der Waals surface area contributed by atoms with Gasteiger partial charge in [0.2, 0.25) is 11.8 Å². The van der Waals surface area contributed by atoms with Gasteiger partial charge >= 0.3 is 0 Å². The van der Waals surface area contributed by atoms with Crippen molar-refractivity contribution < 1.29 is 9.15 Å². The zero-order chi connectivity index (χ0) is 14.1. The topological polar surface area (TPSA) is 101 Å². The number of nitrogens with one attached hydrogen (secondary N) is 1. The molecule has 0 saturated carbocycles. The molecule has 0 fully saturated rings. The number of H-pyrrole nitrogens is 1. The van der Waals surface area contributed by atoms with E-state index in [0.717, 1.165) is 29.9 Å². The first-order valence-corrected chi connectivity index (χ1v) is 6.43. The second-order valence-corrected chi connectivity index (χ2v) is 4.63. The number of nitriles is 1. The summed E-state index contributed by atoms with van der Waals surface area (Å²) in [6, 6.07) is 3.92. The maximum atomic E-state index is 9.33. The first kappa shape index (κ1) is 12.4. The summed E-state index contributed by atoms with van der Waals surface area (Å²) in [5.41, 5.74) is 7.80. The molecule has 6 nitrogen and oxygen atoms in total. The summed E-state index contributed by atoms with van der Waals surface area (Å²) in [7, 11) is 0. The number of imidazole rings is 1. The van der Waals surface area contributed by atoms with Crippen LogP contribution in [0.1, 0.15) is 36.3 Å². The van der Waals surface area contributed by atoms with Crippen molar-refractivity contribution >= 4 is 0 Å². The van der Waals surface area contributed by atoms with Crippen LogP contribution >= 0.6 is 0 Å². The van der Waals surface area contributed by atoms with Crippen molar-refractivity contribution in [2.75, 3.05) is 0 Å². The van der Waals surface area contributed by atoms with Crippen LogP contribution in [-0.4, -0.2) is 9.97 Å². The summed E-state index contributed by atoms with van der Waals surface area (Å²) >= 11 is 0. The molecular formula is C14H14N4O2. The monoisotopic (exact) mass is 270 g/mol. The van der Waals surface area contributed by atoms with Gasteiger partial charge in [-0.1, -0.05) is 6.92 Å². The van der Waals surface area contributed by atoms with E-state index in [1.807, 2.05) is 6.07 Å². The molecule has 0 saturated heterocycles. The molecule has 102 valence electrons. The highest BCUT2D eigenvalue weighted by Crippen LogP contribution is 2.40. The van der Waals surface area contributed by atoms with Crippen molar-refractivity contribution in [3.05, 3.63) is 47.1 Å². The Morgan fingerprint density at radius 1 is 1.55 bits per heavy atom. The Bertz CT molecular complexity index is 691.